The van der Waals surface area contributed by atoms with Gasteiger partial charge in [-0.25, -0.2) is 13.4 Å². The number of benzene rings is 1. The van der Waals surface area contributed by atoms with Crippen LogP contribution in [0.2, 0.25) is 0 Å². The molecule has 0 fully saturated rings. The molecule has 2 rings (SSSR count). The second-order valence-electron chi connectivity index (χ2n) is 4.49. The van der Waals surface area contributed by atoms with Gasteiger partial charge in [-0.3, -0.25) is 9.52 Å². The minimum absolute atomic E-state index is 0.230. The van der Waals surface area contributed by atoms with Crippen molar-refractivity contribution in [2.45, 2.75) is 13.5 Å². The number of thiazole rings is 1. The van der Waals surface area contributed by atoms with Crippen LogP contribution in [-0.4, -0.2) is 25.6 Å². The predicted octanol–water partition coefficient (Wildman–Crippen LogP) is 1.75. The van der Waals surface area contributed by atoms with E-state index in [1.807, 2.05) is 12.3 Å². The molecule has 0 saturated carbocycles. The third kappa shape index (κ3) is 4.83. The number of hydrogen-bond donors (Lipinski definition) is 2. The molecule has 0 spiro atoms. The molecule has 0 saturated heterocycles. The number of nitrogens with one attached hydrogen (secondary N) is 2. The molecule has 1 aromatic carbocycles. The van der Waals surface area contributed by atoms with Crippen molar-refractivity contribution in [3.05, 3.63) is 45.9 Å². The van der Waals surface area contributed by atoms with E-state index < -0.39 is 10.0 Å². The van der Waals surface area contributed by atoms with Crippen molar-refractivity contribution < 1.29 is 13.2 Å². The van der Waals surface area contributed by atoms with Gasteiger partial charge in [-0.05, 0) is 31.2 Å². The van der Waals surface area contributed by atoms with Crippen molar-refractivity contribution in [1.29, 1.82) is 0 Å². The summed E-state index contributed by atoms with van der Waals surface area (Å²) in [5, 5.41) is 5.61. The molecule has 21 heavy (non-hydrogen) atoms. The summed E-state index contributed by atoms with van der Waals surface area (Å²) in [6, 6.07) is 6.22. The second kappa shape index (κ2) is 6.23. The molecule has 1 heterocycles. The van der Waals surface area contributed by atoms with E-state index in [-0.39, 0.29) is 5.91 Å². The molecule has 1 aromatic heterocycles. The molecule has 0 aliphatic rings. The summed E-state index contributed by atoms with van der Waals surface area (Å²) in [5.41, 5.74) is 1.70. The number of hydrogen-bond acceptors (Lipinski definition) is 5. The van der Waals surface area contributed by atoms with Gasteiger partial charge in [0.05, 0.1) is 23.5 Å². The third-order valence-electron chi connectivity index (χ3n) is 2.55. The fourth-order valence-electron chi connectivity index (χ4n) is 1.67. The van der Waals surface area contributed by atoms with Gasteiger partial charge < -0.3 is 5.32 Å². The lowest BCUT2D eigenvalue weighted by Crippen LogP contribution is -2.23. The Hall–Kier alpha value is -1.93. The Labute approximate surface area is 127 Å². The number of anilines is 1. The lowest BCUT2D eigenvalue weighted by molar-refractivity contribution is 0.0950. The van der Waals surface area contributed by atoms with Gasteiger partial charge in [-0.15, -0.1) is 11.3 Å². The summed E-state index contributed by atoms with van der Waals surface area (Å²) in [6.45, 7) is 2.27. The first-order valence-electron chi connectivity index (χ1n) is 6.10. The molecule has 112 valence electrons. The van der Waals surface area contributed by atoms with Crippen LogP contribution in [0.4, 0.5) is 5.69 Å². The Bertz CT molecular complexity index is 736. The van der Waals surface area contributed by atoms with Crippen LogP contribution < -0.4 is 10.0 Å². The Balaban J connectivity index is 1.96. The molecule has 1 amide bonds. The number of carbonyl (C=O) groups excluding carboxylic acids is 1. The first-order chi connectivity index (χ1) is 9.83. The van der Waals surface area contributed by atoms with Crippen LogP contribution in [0, 0.1) is 6.92 Å². The van der Waals surface area contributed by atoms with E-state index in [0.29, 0.717) is 17.8 Å². The van der Waals surface area contributed by atoms with Gasteiger partial charge in [0.2, 0.25) is 10.0 Å². The van der Waals surface area contributed by atoms with Crippen LogP contribution in [0.3, 0.4) is 0 Å². The van der Waals surface area contributed by atoms with Gasteiger partial charge in [0.1, 0.15) is 0 Å². The van der Waals surface area contributed by atoms with Crippen molar-refractivity contribution in [1.82, 2.24) is 10.3 Å². The highest BCUT2D eigenvalue weighted by Crippen LogP contribution is 2.11. The van der Waals surface area contributed by atoms with Crippen molar-refractivity contribution >= 4 is 33.0 Å². The summed E-state index contributed by atoms with van der Waals surface area (Å²) in [4.78, 5) is 16.2. The van der Waals surface area contributed by atoms with Crippen LogP contribution >= 0.6 is 11.3 Å². The van der Waals surface area contributed by atoms with E-state index >= 15 is 0 Å². The SMILES string of the molecule is Cc1nc(CNC(=O)c2ccc(NS(C)(=O)=O)cc2)cs1. The number of nitrogens with zero attached hydrogens (tertiary/aromatic N) is 1. The van der Waals surface area contributed by atoms with Gasteiger partial charge in [-0.2, -0.15) is 0 Å². The van der Waals surface area contributed by atoms with Crippen molar-refractivity contribution in [3.63, 3.8) is 0 Å². The smallest absolute Gasteiger partial charge is 0.251 e. The zero-order valence-corrected chi connectivity index (χ0v) is 13.2. The number of carbonyl (C=O) groups is 1. The molecule has 8 heteroatoms. The molecule has 0 aliphatic heterocycles. The third-order valence-corrected chi connectivity index (χ3v) is 3.98. The van der Waals surface area contributed by atoms with Crippen LogP contribution in [0.5, 0.6) is 0 Å². The van der Waals surface area contributed by atoms with Crippen LogP contribution in [0.1, 0.15) is 21.1 Å². The Morgan fingerprint density at radius 2 is 1.95 bits per heavy atom. The van der Waals surface area contributed by atoms with Gasteiger partial charge in [0.15, 0.2) is 0 Å². The first kappa shape index (κ1) is 15.5. The number of rotatable bonds is 5. The van der Waals surface area contributed by atoms with Gasteiger partial charge in [-0.1, -0.05) is 0 Å². The molecule has 0 unspecified atom stereocenters. The second-order valence-corrected chi connectivity index (χ2v) is 7.30. The van der Waals surface area contributed by atoms with E-state index in [9.17, 15) is 13.2 Å². The van der Waals surface area contributed by atoms with Crippen LogP contribution in [-0.2, 0) is 16.6 Å². The van der Waals surface area contributed by atoms with Gasteiger partial charge >= 0.3 is 0 Å². The zero-order valence-electron chi connectivity index (χ0n) is 11.6. The quantitative estimate of drug-likeness (QED) is 0.876. The molecule has 0 radical (unpaired) electrons. The monoisotopic (exact) mass is 325 g/mol. The minimum Gasteiger partial charge on any atom is -0.346 e. The maximum Gasteiger partial charge on any atom is 0.251 e. The highest BCUT2D eigenvalue weighted by molar-refractivity contribution is 7.92. The van der Waals surface area contributed by atoms with E-state index in [2.05, 4.69) is 15.0 Å². The lowest BCUT2D eigenvalue weighted by Gasteiger charge is -2.06. The van der Waals surface area contributed by atoms with E-state index in [4.69, 9.17) is 0 Å². The molecule has 0 bridgehead atoms. The van der Waals surface area contributed by atoms with E-state index in [0.717, 1.165) is 17.0 Å². The summed E-state index contributed by atoms with van der Waals surface area (Å²) in [6.07, 6.45) is 1.07. The predicted molar refractivity (Wildman–Crippen MR) is 82.9 cm³/mol. The van der Waals surface area contributed by atoms with Crippen LogP contribution in [0.25, 0.3) is 0 Å². The van der Waals surface area contributed by atoms with Crippen molar-refractivity contribution in [2.75, 3.05) is 11.0 Å². The van der Waals surface area contributed by atoms with E-state index in [1.165, 1.54) is 11.3 Å². The number of sulfonamides is 1. The lowest BCUT2D eigenvalue weighted by atomic mass is 10.2. The highest BCUT2D eigenvalue weighted by Gasteiger charge is 2.07. The molecular weight excluding hydrogens is 310 g/mol. The molecule has 2 aromatic rings. The average Bonchev–Trinajstić information content (AvgIpc) is 2.81. The van der Waals surface area contributed by atoms with Gasteiger partial charge in [0, 0.05) is 16.6 Å². The Morgan fingerprint density at radius 3 is 2.48 bits per heavy atom. The molecule has 6 nitrogen and oxygen atoms in total. The van der Waals surface area contributed by atoms with Crippen molar-refractivity contribution in [2.24, 2.45) is 0 Å². The molecule has 0 atom stereocenters. The fraction of sp³-hybridized carbons (Fsp3) is 0.231. The Morgan fingerprint density at radius 1 is 1.29 bits per heavy atom. The molecule has 0 aliphatic carbocycles. The number of aromatic nitrogens is 1. The standard InChI is InChI=1S/C13H15N3O3S2/c1-9-15-12(8-20-9)7-14-13(17)10-3-5-11(6-4-10)16-21(2,18)19/h3-6,8,16H,7H2,1-2H3,(H,14,17). The average molecular weight is 325 g/mol. The highest BCUT2D eigenvalue weighted by atomic mass is 32.2. The largest absolute Gasteiger partial charge is 0.346 e. The first-order valence-corrected chi connectivity index (χ1v) is 8.88. The Kier molecular flexibility index (Phi) is 4.59. The normalized spacial score (nSPS) is 11.1. The minimum atomic E-state index is -3.31. The summed E-state index contributed by atoms with van der Waals surface area (Å²) < 4.78 is 24.5. The van der Waals surface area contributed by atoms with Crippen molar-refractivity contribution in [3.8, 4) is 0 Å². The number of aryl methyl sites for hydroxylation is 1. The fourth-order valence-corrected chi connectivity index (χ4v) is 2.84. The van der Waals surface area contributed by atoms with Crippen LogP contribution in [0.15, 0.2) is 29.6 Å². The molecular formula is C13H15N3O3S2. The van der Waals surface area contributed by atoms with Gasteiger partial charge in [0.25, 0.3) is 5.91 Å². The molecule has 2 N–H and O–H groups in total. The topological polar surface area (TPSA) is 88.2 Å². The maximum atomic E-state index is 11.9. The zero-order chi connectivity index (χ0) is 15.5. The number of amides is 1. The summed E-state index contributed by atoms with van der Waals surface area (Å²) in [5.74, 6) is -0.230. The maximum absolute atomic E-state index is 11.9. The summed E-state index contributed by atoms with van der Waals surface area (Å²) in [7, 11) is -3.31. The summed E-state index contributed by atoms with van der Waals surface area (Å²) >= 11 is 1.53. The van der Waals surface area contributed by atoms with E-state index in [1.54, 1.807) is 24.3 Å².